The van der Waals surface area contributed by atoms with Crippen molar-refractivity contribution in [1.29, 1.82) is 0 Å². The number of hydrogen-bond donors (Lipinski definition) is 0. The van der Waals surface area contributed by atoms with E-state index in [4.69, 9.17) is 0 Å². The second-order valence-electron chi connectivity index (χ2n) is 6.73. The van der Waals surface area contributed by atoms with Crippen LogP contribution >= 0.6 is 0 Å². The van der Waals surface area contributed by atoms with Gasteiger partial charge < -0.3 is 0 Å². The topological polar surface area (TPSA) is 37.4 Å². The molecule has 5 unspecified atom stereocenters. The molecule has 3 nitrogen and oxygen atoms in total. The lowest BCUT2D eigenvalue weighted by Crippen LogP contribution is -2.33. The molecule has 20 heavy (non-hydrogen) atoms. The van der Waals surface area contributed by atoms with Gasteiger partial charge in [-0.3, -0.25) is 14.5 Å². The summed E-state index contributed by atoms with van der Waals surface area (Å²) in [5.41, 5.74) is 0. The fourth-order valence-corrected chi connectivity index (χ4v) is 4.10. The van der Waals surface area contributed by atoms with Gasteiger partial charge >= 0.3 is 0 Å². The Hall–Kier alpha value is -1.38. The first kappa shape index (κ1) is 13.6. The average molecular weight is 273 g/mol. The molecule has 2 amide bonds. The number of rotatable bonds is 5. The van der Waals surface area contributed by atoms with Gasteiger partial charge in [-0.2, -0.15) is 0 Å². The Kier molecular flexibility index (Phi) is 3.53. The number of nitrogens with zero attached hydrogens (tertiary/aromatic N) is 1. The largest absolute Gasteiger partial charge is 0.275 e. The van der Waals surface area contributed by atoms with Crippen molar-refractivity contribution in [3.63, 3.8) is 0 Å². The highest BCUT2D eigenvalue weighted by Crippen LogP contribution is 2.48. The van der Waals surface area contributed by atoms with Crippen LogP contribution in [0.3, 0.4) is 0 Å². The third kappa shape index (κ3) is 2.34. The van der Waals surface area contributed by atoms with Gasteiger partial charge in [-0.1, -0.05) is 26.0 Å². The first-order chi connectivity index (χ1) is 9.56. The van der Waals surface area contributed by atoms with Crippen LogP contribution in [0.15, 0.2) is 24.3 Å². The summed E-state index contributed by atoms with van der Waals surface area (Å²) in [6.45, 7) is 5.17. The molecule has 0 aromatic rings. The first-order valence-electron chi connectivity index (χ1n) is 7.78. The zero-order valence-corrected chi connectivity index (χ0v) is 12.3. The molecule has 1 fully saturated rings. The zero-order chi connectivity index (χ0) is 14.3. The molecule has 1 saturated carbocycles. The number of carbonyl (C=O) groups is 2. The average Bonchev–Trinajstić information content (AvgIpc) is 3.13. The van der Waals surface area contributed by atoms with E-state index in [1.54, 1.807) is 0 Å². The Morgan fingerprint density at radius 1 is 1.15 bits per heavy atom. The Morgan fingerprint density at radius 2 is 1.85 bits per heavy atom. The van der Waals surface area contributed by atoms with Gasteiger partial charge in [0, 0.05) is 18.7 Å². The van der Waals surface area contributed by atoms with Crippen LogP contribution in [0.2, 0.25) is 0 Å². The molecule has 3 aliphatic rings. The van der Waals surface area contributed by atoms with Crippen LogP contribution in [0, 0.1) is 29.6 Å². The third-order valence-corrected chi connectivity index (χ3v) is 5.61. The van der Waals surface area contributed by atoms with Gasteiger partial charge in [-0.15, -0.1) is 0 Å². The molecule has 3 rings (SSSR count). The van der Waals surface area contributed by atoms with E-state index in [-0.39, 0.29) is 11.8 Å². The summed E-state index contributed by atoms with van der Waals surface area (Å²) < 4.78 is 0. The molecule has 5 atom stereocenters. The van der Waals surface area contributed by atoms with Crippen molar-refractivity contribution in [3.8, 4) is 0 Å². The maximum atomic E-state index is 11.5. The minimum absolute atomic E-state index is 0.155. The summed E-state index contributed by atoms with van der Waals surface area (Å²) in [4.78, 5) is 24.4. The molecular weight excluding hydrogens is 250 g/mol. The predicted octanol–water partition coefficient (Wildman–Crippen LogP) is 2.79. The summed E-state index contributed by atoms with van der Waals surface area (Å²) in [6, 6.07) is 0. The SMILES string of the molecule is CC(CCN1C(=O)C=CC1=O)C(C)C1CC2C=CC1C2. The molecule has 0 aromatic heterocycles. The van der Waals surface area contributed by atoms with Crippen LogP contribution < -0.4 is 0 Å². The summed E-state index contributed by atoms with van der Waals surface area (Å²) in [5, 5.41) is 0. The maximum Gasteiger partial charge on any atom is 0.253 e. The molecular formula is C17H23NO2. The highest BCUT2D eigenvalue weighted by atomic mass is 16.2. The van der Waals surface area contributed by atoms with Crippen LogP contribution in [0.4, 0.5) is 0 Å². The monoisotopic (exact) mass is 273 g/mol. The second-order valence-corrected chi connectivity index (χ2v) is 6.73. The van der Waals surface area contributed by atoms with Gasteiger partial charge in [0.05, 0.1) is 0 Å². The standard InChI is InChI=1S/C17H23NO2/c1-11(7-8-18-16(19)5-6-17(18)20)12(2)15-10-13-3-4-14(15)9-13/h3-6,11-15H,7-10H2,1-2H3. The minimum atomic E-state index is -0.155. The maximum absolute atomic E-state index is 11.5. The van der Waals surface area contributed by atoms with Gasteiger partial charge in [0.1, 0.15) is 0 Å². The fraction of sp³-hybridized carbons (Fsp3) is 0.647. The zero-order valence-electron chi connectivity index (χ0n) is 12.3. The number of hydrogen-bond acceptors (Lipinski definition) is 2. The molecule has 0 aromatic carbocycles. The Balaban J connectivity index is 1.52. The summed E-state index contributed by atoms with van der Waals surface area (Å²) >= 11 is 0. The number of imide groups is 1. The Labute approximate surface area is 120 Å². The van der Waals surface area contributed by atoms with Crippen molar-refractivity contribution >= 4 is 11.8 Å². The highest BCUT2D eigenvalue weighted by molar-refractivity contribution is 6.12. The molecule has 108 valence electrons. The van der Waals surface area contributed by atoms with E-state index in [2.05, 4.69) is 26.0 Å². The lowest BCUT2D eigenvalue weighted by molar-refractivity contribution is -0.137. The summed E-state index contributed by atoms with van der Waals surface area (Å²) in [6.07, 6.45) is 11.1. The van der Waals surface area contributed by atoms with Crippen molar-refractivity contribution in [2.45, 2.75) is 33.1 Å². The van der Waals surface area contributed by atoms with Crippen LogP contribution in [-0.2, 0) is 9.59 Å². The minimum Gasteiger partial charge on any atom is -0.275 e. The Morgan fingerprint density at radius 3 is 2.40 bits per heavy atom. The molecule has 1 heterocycles. The van der Waals surface area contributed by atoms with Crippen molar-refractivity contribution in [3.05, 3.63) is 24.3 Å². The molecule has 0 saturated heterocycles. The van der Waals surface area contributed by atoms with E-state index in [1.807, 2.05) is 0 Å². The third-order valence-electron chi connectivity index (χ3n) is 5.61. The van der Waals surface area contributed by atoms with Crippen molar-refractivity contribution in [2.24, 2.45) is 29.6 Å². The van der Waals surface area contributed by atoms with E-state index in [0.29, 0.717) is 18.4 Å². The van der Waals surface area contributed by atoms with Crippen LogP contribution in [0.5, 0.6) is 0 Å². The van der Waals surface area contributed by atoms with E-state index in [9.17, 15) is 9.59 Å². The van der Waals surface area contributed by atoms with Crippen molar-refractivity contribution in [2.75, 3.05) is 6.54 Å². The normalized spacial score (nSPS) is 34.3. The van der Waals surface area contributed by atoms with Crippen molar-refractivity contribution < 1.29 is 9.59 Å². The molecule has 3 heteroatoms. The summed E-state index contributed by atoms with van der Waals surface area (Å²) in [7, 11) is 0. The molecule has 1 aliphatic heterocycles. The lowest BCUT2D eigenvalue weighted by Gasteiger charge is -2.31. The smallest absolute Gasteiger partial charge is 0.253 e. The predicted molar refractivity (Wildman–Crippen MR) is 77.6 cm³/mol. The molecule has 2 bridgehead atoms. The van der Waals surface area contributed by atoms with E-state index >= 15 is 0 Å². The number of allylic oxidation sites excluding steroid dienone is 2. The van der Waals surface area contributed by atoms with Crippen LogP contribution in [0.25, 0.3) is 0 Å². The van der Waals surface area contributed by atoms with Crippen LogP contribution in [-0.4, -0.2) is 23.3 Å². The van der Waals surface area contributed by atoms with E-state index < -0.39 is 0 Å². The molecule has 2 aliphatic carbocycles. The first-order valence-corrected chi connectivity index (χ1v) is 7.78. The van der Waals surface area contributed by atoms with Crippen molar-refractivity contribution in [1.82, 2.24) is 4.90 Å². The van der Waals surface area contributed by atoms with Gasteiger partial charge in [-0.25, -0.2) is 0 Å². The van der Waals surface area contributed by atoms with Gasteiger partial charge in [0.25, 0.3) is 11.8 Å². The number of carbonyl (C=O) groups excluding carboxylic acids is 2. The second kappa shape index (κ2) is 5.19. The quantitative estimate of drug-likeness (QED) is 0.570. The van der Waals surface area contributed by atoms with E-state index in [1.165, 1.54) is 29.9 Å². The Bertz CT molecular complexity index is 461. The van der Waals surface area contributed by atoms with Crippen LogP contribution in [0.1, 0.15) is 33.1 Å². The fourth-order valence-electron chi connectivity index (χ4n) is 4.10. The summed E-state index contributed by atoms with van der Waals surface area (Å²) in [5.74, 6) is 3.28. The molecule has 0 N–H and O–H groups in total. The lowest BCUT2D eigenvalue weighted by atomic mass is 9.76. The molecule has 0 spiro atoms. The van der Waals surface area contributed by atoms with Gasteiger partial charge in [-0.05, 0) is 48.9 Å². The van der Waals surface area contributed by atoms with Gasteiger partial charge in [0.2, 0.25) is 0 Å². The number of amides is 2. The van der Waals surface area contributed by atoms with Gasteiger partial charge in [0.15, 0.2) is 0 Å². The highest BCUT2D eigenvalue weighted by Gasteiger charge is 2.39. The van der Waals surface area contributed by atoms with E-state index in [0.717, 1.165) is 24.2 Å². The number of fused-ring (bicyclic) bond motifs is 2. The molecule has 0 radical (unpaired) electrons.